The number of rotatable bonds is 10. The van der Waals surface area contributed by atoms with Gasteiger partial charge in [0.2, 0.25) is 11.4 Å². The molecule has 1 amide bonds. The first kappa shape index (κ1) is 46.4. The smallest absolute Gasteiger partial charge is 0.456 e. The van der Waals surface area contributed by atoms with Crippen molar-refractivity contribution in [1.82, 2.24) is 5.32 Å². The van der Waals surface area contributed by atoms with E-state index in [1.165, 1.54) is 26.0 Å². The Kier molecular flexibility index (Phi) is 12.2. The lowest BCUT2D eigenvalue weighted by Crippen LogP contribution is -2.82. The van der Waals surface area contributed by atoms with E-state index >= 15 is 4.79 Å². The zero-order valence-corrected chi connectivity index (χ0v) is 36.8. The minimum atomic E-state index is -2.36. The first-order valence-corrected chi connectivity index (χ1v) is 20.7. The molecule has 3 N–H and O–H groups in total. The summed E-state index contributed by atoms with van der Waals surface area (Å²) in [6.45, 7) is 16.3. The zero-order valence-electron chi connectivity index (χ0n) is 36.8. The van der Waals surface area contributed by atoms with Crippen LogP contribution in [0.5, 0.6) is 0 Å². The minimum absolute atomic E-state index is 0.0261. The molecule has 2 saturated carbocycles. The third-order valence-corrected chi connectivity index (χ3v) is 12.9. The molecule has 0 aromatic heterocycles. The van der Waals surface area contributed by atoms with Gasteiger partial charge >= 0.3 is 36.1 Å². The summed E-state index contributed by atoms with van der Waals surface area (Å²) < 4.78 is 48.1. The molecular weight excluding hydrogens is 814 g/mol. The second-order valence-electron chi connectivity index (χ2n) is 19.0. The molecule has 0 radical (unpaired) electrons. The highest BCUT2D eigenvalue weighted by atomic mass is 16.8. The van der Waals surface area contributed by atoms with Gasteiger partial charge in [0.05, 0.1) is 35.6 Å². The van der Waals surface area contributed by atoms with Gasteiger partial charge < -0.3 is 53.4 Å². The topological polar surface area (TPSA) is 246 Å². The van der Waals surface area contributed by atoms with Crippen molar-refractivity contribution in [1.29, 1.82) is 0 Å². The van der Waals surface area contributed by atoms with E-state index in [4.69, 9.17) is 37.9 Å². The lowest BCUT2D eigenvalue weighted by atomic mass is 9.44. The van der Waals surface area contributed by atoms with Crippen LogP contribution in [-0.4, -0.2) is 118 Å². The predicted octanol–water partition coefficient (Wildman–Crippen LogP) is 3.86. The number of fused-ring (bicyclic) bond motifs is 4. The van der Waals surface area contributed by atoms with Crippen LogP contribution in [0.4, 0.5) is 9.59 Å². The lowest BCUT2D eigenvalue weighted by molar-refractivity contribution is -0.345. The van der Waals surface area contributed by atoms with Crippen LogP contribution in [0.15, 0.2) is 41.7 Å². The molecule has 2 bridgehead atoms. The number of esters is 4. The van der Waals surface area contributed by atoms with Crippen molar-refractivity contribution in [3.63, 3.8) is 0 Å². The van der Waals surface area contributed by atoms with E-state index in [0.717, 1.165) is 13.8 Å². The Labute approximate surface area is 359 Å². The standard InChI is InChI=1S/C44H57NO17/c1-20(2)17-25(45-38(53)61-40(6,7)8)29(49)37(52)57-30-21(3)28-31(56-22(4)46)33(50)42(11)26(48)18-27-43(19-55-27,60-23(5)47)32(42)35(58-36(51)24-15-13-12-14-16-24)44(41(28,9)10)34(30)59-39(54)62-44/h12-16,20-21,25-27,29-30,32,34-35,48-49H,17-19H2,1-11H3,(H,45,53)/b31-28+/t21?,25-,26-,27+,29+,30+,32?,34-,35-,42+,43-,44+/m0/s1. The molecule has 2 aliphatic heterocycles. The number of aliphatic hydroxyl groups is 2. The molecule has 6 rings (SSSR count). The van der Waals surface area contributed by atoms with Gasteiger partial charge in [-0.2, -0.15) is 0 Å². The Morgan fingerprint density at radius 3 is 2.18 bits per heavy atom. The number of ketones is 1. The van der Waals surface area contributed by atoms with E-state index in [2.05, 4.69) is 5.32 Å². The molecular formula is C44H57NO17. The number of alkyl carbamates (subject to hydrolysis) is 1. The number of nitrogens with one attached hydrogen (secondary N) is 1. The van der Waals surface area contributed by atoms with Crippen molar-refractivity contribution in [3.05, 3.63) is 47.2 Å². The number of Topliss-reactive ketones (excluding diaryl/α,β-unsaturated/α-hetero) is 1. The van der Waals surface area contributed by atoms with E-state index in [9.17, 15) is 39.0 Å². The predicted molar refractivity (Wildman–Crippen MR) is 211 cm³/mol. The van der Waals surface area contributed by atoms with Gasteiger partial charge in [-0.15, -0.1) is 0 Å². The summed E-state index contributed by atoms with van der Waals surface area (Å²) in [6, 6.07) is 6.47. The maximum atomic E-state index is 15.6. The van der Waals surface area contributed by atoms with Crippen molar-refractivity contribution in [2.45, 2.75) is 148 Å². The van der Waals surface area contributed by atoms with Crippen LogP contribution >= 0.6 is 0 Å². The van der Waals surface area contributed by atoms with Crippen LogP contribution < -0.4 is 5.32 Å². The fourth-order valence-corrected chi connectivity index (χ4v) is 10.4. The Hall–Kier alpha value is -5.07. The molecule has 12 atom stereocenters. The maximum absolute atomic E-state index is 15.6. The van der Waals surface area contributed by atoms with Gasteiger partial charge in [-0.25, -0.2) is 19.2 Å². The molecule has 18 heteroatoms. The number of aliphatic hydroxyl groups excluding tert-OH is 2. The zero-order chi connectivity index (χ0) is 46.1. The van der Waals surface area contributed by atoms with Gasteiger partial charge in [0.1, 0.15) is 17.8 Å². The van der Waals surface area contributed by atoms with Crippen LogP contribution in [0.25, 0.3) is 0 Å². The summed E-state index contributed by atoms with van der Waals surface area (Å²) in [6.07, 6.45) is -12.5. The van der Waals surface area contributed by atoms with Gasteiger partial charge in [-0.1, -0.05) is 52.8 Å². The third-order valence-electron chi connectivity index (χ3n) is 12.9. The molecule has 18 nitrogen and oxygen atoms in total. The number of hydrogen-bond donors (Lipinski definition) is 3. The van der Waals surface area contributed by atoms with E-state index < -0.39 is 130 Å². The number of amides is 1. The average Bonchev–Trinajstić information content (AvgIpc) is 3.52. The minimum Gasteiger partial charge on any atom is -0.456 e. The van der Waals surface area contributed by atoms with Gasteiger partial charge in [0, 0.05) is 31.6 Å². The van der Waals surface area contributed by atoms with Crippen molar-refractivity contribution in [3.8, 4) is 0 Å². The summed E-state index contributed by atoms with van der Waals surface area (Å²) in [5.41, 5.74) is -9.05. The van der Waals surface area contributed by atoms with Crippen molar-refractivity contribution < 1.29 is 81.7 Å². The van der Waals surface area contributed by atoms with E-state index in [0.29, 0.717) is 0 Å². The SMILES string of the molecule is CC(=O)O/C1=C2\C(C)[C@@H](OC(=O)[C@H](O)[C@H](CC(C)C)NC(=O)OC(C)(C)C)[C@@H]3OC(=O)O[C@]3([C@@H](OC(=O)c3ccccc3)C3[C@](C)(C1=O)[C@@H](O)C[C@H]1OC[C@@]31OC(C)=O)C2(C)C. The molecule has 4 fully saturated rings. The fraction of sp³-hybridized carbons (Fsp3) is 0.659. The highest BCUT2D eigenvalue weighted by Gasteiger charge is 2.83. The largest absolute Gasteiger partial charge is 0.509 e. The van der Waals surface area contributed by atoms with Crippen LogP contribution in [0, 0.1) is 28.6 Å². The Bertz CT molecular complexity index is 2040. The highest BCUT2D eigenvalue weighted by Crippen LogP contribution is 2.67. The van der Waals surface area contributed by atoms with Crippen LogP contribution in [0.3, 0.4) is 0 Å². The summed E-state index contributed by atoms with van der Waals surface area (Å²) >= 11 is 0. The molecule has 2 unspecified atom stereocenters. The monoisotopic (exact) mass is 871 g/mol. The van der Waals surface area contributed by atoms with Crippen LogP contribution in [-0.2, 0) is 57.1 Å². The second kappa shape index (κ2) is 16.2. The summed E-state index contributed by atoms with van der Waals surface area (Å²) in [5.74, 6) is -8.61. The Morgan fingerprint density at radius 2 is 1.63 bits per heavy atom. The normalized spacial score (nSPS) is 35.4. The van der Waals surface area contributed by atoms with Crippen LogP contribution in [0.1, 0.15) is 99.4 Å². The van der Waals surface area contributed by atoms with E-state index in [1.54, 1.807) is 66.7 Å². The third kappa shape index (κ3) is 7.61. The molecule has 62 heavy (non-hydrogen) atoms. The van der Waals surface area contributed by atoms with Crippen molar-refractivity contribution >= 4 is 41.9 Å². The number of ether oxygens (including phenoxy) is 8. The van der Waals surface area contributed by atoms with Gasteiger partial charge in [0.25, 0.3) is 0 Å². The lowest BCUT2D eigenvalue weighted by Gasteiger charge is -2.67. The number of carbonyl (C=O) groups excluding carboxylic acids is 7. The molecule has 1 aromatic carbocycles. The molecule has 340 valence electrons. The van der Waals surface area contributed by atoms with Gasteiger partial charge in [-0.3, -0.25) is 14.4 Å². The van der Waals surface area contributed by atoms with Gasteiger partial charge in [0.15, 0.2) is 29.7 Å². The molecule has 3 aliphatic carbocycles. The summed E-state index contributed by atoms with van der Waals surface area (Å²) in [5, 5.41) is 26.3. The number of carbonyl (C=O) groups is 7. The summed E-state index contributed by atoms with van der Waals surface area (Å²) in [4.78, 5) is 97.3. The second-order valence-corrected chi connectivity index (χ2v) is 19.0. The number of allylic oxidation sites excluding steroid dienone is 1. The molecule has 5 aliphatic rings. The molecule has 2 heterocycles. The Balaban J connectivity index is 1.61. The number of benzene rings is 1. The highest BCUT2D eigenvalue weighted by molar-refractivity contribution is 6.02. The van der Waals surface area contributed by atoms with E-state index in [1.807, 2.05) is 0 Å². The summed E-state index contributed by atoms with van der Waals surface area (Å²) in [7, 11) is 0. The first-order chi connectivity index (χ1) is 28.7. The maximum Gasteiger partial charge on any atom is 0.509 e. The van der Waals surface area contributed by atoms with E-state index in [-0.39, 0.29) is 36.5 Å². The first-order valence-electron chi connectivity index (χ1n) is 20.7. The Morgan fingerprint density at radius 1 is 0.984 bits per heavy atom. The van der Waals surface area contributed by atoms with Gasteiger partial charge in [-0.05, 0) is 57.7 Å². The average molecular weight is 872 g/mol. The molecule has 1 spiro atoms. The van der Waals surface area contributed by atoms with Crippen molar-refractivity contribution in [2.24, 2.45) is 28.6 Å². The molecule has 2 saturated heterocycles. The van der Waals surface area contributed by atoms with Crippen molar-refractivity contribution in [2.75, 3.05) is 6.61 Å². The quantitative estimate of drug-likeness (QED) is 0.223. The van der Waals surface area contributed by atoms with Crippen LogP contribution in [0.2, 0.25) is 0 Å². The fourth-order valence-electron chi connectivity index (χ4n) is 10.4. The molecule has 1 aromatic rings. The number of hydrogen-bond acceptors (Lipinski definition) is 17.